The van der Waals surface area contributed by atoms with Gasteiger partial charge in [0.25, 0.3) is 0 Å². The second kappa shape index (κ2) is 7.83. The summed E-state index contributed by atoms with van der Waals surface area (Å²) in [6.07, 6.45) is 1.99. The molecule has 2 heteroatoms. The van der Waals surface area contributed by atoms with E-state index in [9.17, 15) is 0 Å². The highest BCUT2D eigenvalue weighted by Crippen LogP contribution is 2.12. The van der Waals surface area contributed by atoms with Gasteiger partial charge in [-0.2, -0.15) is 0 Å². The van der Waals surface area contributed by atoms with Crippen LogP contribution in [0.5, 0.6) is 0 Å². The number of hydrogen-bond acceptors (Lipinski definition) is 2. The van der Waals surface area contributed by atoms with Gasteiger partial charge in [0, 0.05) is 0 Å². The van der Waals surface area contributed by atoms with E-state index in [1.807, 2.05) is 6.07 Å². The highest BCUT2D eigenvalue weighted by atomic mass is 16.5. The van der Waals surface area contributed by atoms with Crippen LogP contribution in [-0.4, -0.2) is 13.2 Å². The Morgan fingerprint density at radius 1 is 0.950 bits per heavy atom. The third-order valence-corrected chi connectivity index (χ3v) is 3.49. The Balaban J connectivity index is 1.73. The van der Waals surface area contributed by atoms with Gasteiger partial charge in [0.15, 0.2) is 0 Å². The first kappa shape index (κ1) is 14.8. The first-order valence-corrected chi connectivity index (χ1v) is 7.25. The molecule has 0 amide bonds. The molecule has 2 aromatic carbocycles. The summed E-state index contributed by atoms with van der Waals surface area (Å²) in [5.74, 6) is 0. The summed E-state index contributed by atoms with van der Waals surface area (Å²) in [7, 11) is 0. The molecule has 0 fully saturated rings. The molecular weight excluding hydrogens is 246 g/mol. The van der Waals surface area contributed by atoms with Gasteiger partial charge in [0.05, 0.1) is 19.3 Å². The van der Waals surface area contributed by atoms with Crippen molar-refractivity contribution in [3.8, 4) is 0 Å². The fourth-order valence-electron chi connectivity index (χ4n) is 2.14. The summed E-state index contributed by atoms with van der Waals surface area (Å²) in [6, 6.07) is 18.8. The first-order chi connectivity index (χ1) is 9.79. The number of nitrogens with two attached hydrogens (primary N) is 1. The van der Waals surface area contributed by atoms with Crippen molar-refractivity contribution in [2.24, 2.45) is 5.73 Å². The quantitative estimate of drug-likeness (QED) is 0.781. The van der Waals surface area contributed by atoms with Crippen molar-refractivity contribution in [1.29, 1.82) is 0 Å². The third kappa shape index (κ3) is 4.48. The predicted octanol–water partition coefficient (Wildman–Crippen LogP) is 3.51. The average Bonchev–Trinajstić information content (AvgIpc) is 2.52. The highest BCUT2D eigenvalue weighted by Gasteiger charge is 2.05. The monoisotopic (exact) mass is 269 g/mol. The molecule has 0 spiro atoms. The standard InChI is InChI=1S/C18H23NO/c1-2-15-8-10-17(11-9-15)18(19)14-20-13-12-16-6-4-3-5-7-16/h3-11,18H,2,12-14,19H2,1H3. The fraction of sp³-hybridized carbons (Fsp3) is 0.333. The second-order valence-electron chi connectivity index (χ2n) is 5.01. The van der Waals surface area contributed by atoms with Crippen LogP contribution in [0, 0.1) is 0 Å². The molecule has 1 unspecified atom stereocenters. The summed E-state index contributed by atoms with van der Waals surface area (Å²) in [5, 5.41) is 0. The van der Waals surface area contributed by atoms with Crippen LogP contribution in [0.3, 0.4) is 0 Å². The summed E-state index contributed by atoms with van der Waals surface area (Å²) in [4.78, 5) is 0. The number of aryl methyl sites for hydroxylation is 1. The molecule has 106 valence electrons. The smallest absolute Gasteiger partial charge is 0.0659 e. The van der Waals surface area contributed by atoms with E-state index in [0.717, 1.165) is 18.4 Å². The Hall–Kier alpha value is -1.64. The number of rotatable bonds is 7. The van der Waals surface area contributed by atoms with Crippen LogP contribution in [0.1, 0.15) is 29.7 Å². The van der Waals surface area contributed by atoms with Crippen LogP contribution >= 0.6 is 0 Å². The summed E-state index contributed by atoms with van der Waals surface area (Å²) in [6.45, 7) is 3.44. The van der Waals surface area contributed by atoms with Crippen molar-refractivity contribution < 1.29 is 4.74 Å². The van der Waals surface area contributed by atoms with Gasteiger partial charge < -0.3 is 10.5 Å². The molecular formula is C18H23NO. The van der Waals surface area contributed by atoms with E-state index < -0.39 is 0 Å². The van der Waals surface area contributed by atoms with Crippen molar-refractivity contribution in [3.63, 3.8) is 0 Å². The Morgan fingerprint density at radius 2 is 1.65 bits per heavy atom. The van der Waals surface area contributed by atoms with Crippen molar-refractivity contribution in [3.05, 3.63) is 71.3 Å². The largest absolute Gasteiger partial charge is 0.379 e. The van der Waals surface area contributed by atoms with Gasteiger partial charge in [-0.1, -0.05) is 61.5 Å². The minimum atomic E-state index is -0.0447. The van der Waals surface area contributed by atoms with E-state index in [1.54, 1.807) is 0 Å². The van der Waals surface area contributed by atoms with E-state index in [1.165, 1.54) is 11.1 Å². The molecule has 0 saturated carbocycles. The second-order valence-corrected chi connectivity index (χ2v) is 5.01. The van der Waals surface area contributed by atoms with E-state index in [4.69, 9.17) is 10.5 Å². The van der Waals surface area contributed by atoms with Gasteiger partial charge in [0.1, 0.15) is 0 Å². The zero-order valence-electron chi connectivity index (χ0n) is 12.1. The minimum absolute atomic E-state index is 0.0447. The normalized spacial score (nSPS) is 12.3. The fourth-order valence-corrected chi connectivity index (χ4v) is 2.14. The molecule has 0 aliphatic carbocycles. The molecule has 0 aliphatic rings. The van der Waals surface area contributed by atoms with Crippen LogP contribution in [0.2, 0.25) is 0 Å². The van der Waals surface area contributed by atoms with E-state index in [0.29, 0.717) is 13.2 Å². The molecule has 1 atom stereocenters. The Labute approximate surface area is 121 Å². The van der Waals surface area contributed by atoms with E-state index in [-0.39, 0.29) is 6.04 Å². The molecule has 0 aromatic heterocycles. The molecule has 0 bridgehead atoms. The molecule has 2 aromatic rings. The summed E-state index contributed by atoms with van der Waals surface area (Å²) < 4.78 is 5.69. The molecule has 2 rings (SSSR count). The van der Waals surface area contributed by atoms with Gasteiger partial charge in [-0.05, 0) is 29.5 Å². The molecule has 20 heavy (non-hydrogen) atoms. The third-order valence-electron chi connectivity index (χ3n) is 3.49. The van der Waals surface area contributed by atoms with Gasteiger partial charge >= 0.3 is 0 Å². The van der Waals surface area contributed by atoms with Crippen LogP contribution in [0.25, 0.3) is 0 Å². The van der Waals surface area contributed by atoms with Crippen molar-refractivity contribution in [2.45, 2.75) is 25.8 Å². The molecule has 0 saturated heterocycles. The van der Waals surface area contributed by atoms with Crippen LogP contribution < -0.4 is 5.73 Å². The molecule has 0 heterocycles. The highest BCUT2D eigenvalue weighted by molar-refractivity contribution is 5.24. The topological polar surface area (TPSA) is 35.2 Å². The van der Waals surface area contributed by atoms with Crippen molar-refractivity contribution in [2.75, 3.05) is 13.2 Å². The maximum absolute atomic E-state index is 6.14. The molecule has 0 radical (unpaired) electrons. The van der Waals surface area contributed by atoms with Crippen molar-refractivity contribution >= 4 is 0 Å². The lowest BCUT2D eigenvalue weighted by molar-refractivity contribution is 0.124. The van der Waals surface area contributed by atoms with Gasteiger partial charge in [-0.15, -0.1) is 0 Å². The number of benzene rings is 2. The maximum atomic E-state index is 6.14. The molecule has 2 nitrogen and oxygen atoms in total. The van der Waals surface area contributed by atoms with E-state index in [2.05, 4.69) is 55.5 Å². The molecule has 2 N–H and O–H groups in total. The summed E-state index contributed by atoms with van der Waals surface area (Å²) >= 11 is 0. The zero-order valence-corrected chi connectivity index (χ0v) is 12.1. The lowest BCUT2D eigenvalue weighted by atomic mass is 10.1. The Morgan fingerprint density at radius 3 is 2.30 bits per heavy atom. The van der Waals surface area contributed by atoms with Gasteiger partial charge in [-0.25, -0.2) is 0 Å². The van der Waals surface area contributed by atoms with Gasteiger partial charge in [-0.3, -0.25) is 0 Å². The van der Waals surface area contributed by atoms with Crippen molar-refractivity contribution in [1.82, 2.24) is 0 Å². The lowest BCUT2D eigenvalue weighted by Crippen LogP contribution is -2.18. The van der Waals surface area contributed by atoms with Crippen LogP contribution in [0.15, 0.2) is 54.6 Å². The number of ether oxygens (including phenoxy) is 1. The Kier molecular flexibility index (Phi) is 5.78. The zero-order chi connectivity index (χ0) is 14.2. The SMILES string of the molecule is CCc1ccc(C(N)COCCc2ccccc2)cc1. The molecule has 0 aliphatic heterocycles. The van der Waals surface area contributed by atoms with E-state index >= 15 is 0 Å². The van der Waals surface area contributed by atoms with Crippen LogP contribution in [-0.2, 0) is 17.6 Å². The number of hydrogen-bond donors (Lipinski definition) is 1. The summed E-state index contributed by atoms with van der Waals surface area (Å²) in [5.41, 5.74) is 9.92. The maximum Gasteiger partial charge on any atom is 0.0659 e. The lowest BCUT2D eigenvalue weighted by Gasteiger charge is -2.13. The van der Waals surface area contributed by atoms with Gasteiger partial charge in [0.2, 0.25) is 0 Å². The Bertz CT molecular complexity index is 493. The average molecular weight is 269 g/mol. The first-order valence-electron chi connectivity index (χ1n) is 7.25. The van der Waals surface area contributed by atoms with Crippen LogP contribution in [0.4, 0.5) is 0 Å². The minimum Gasteiger partial charge on any atom is -0.379 e. The predicted molar refractivity (Wildman–Crippen MR) is 83.7 cm³/mol.